The number of aliphatic hydroxyl groups excluding tert-OH is 2. The van der Waals surface area contributed by atoms with Crippen LogP contribution < -0.4 is 17.0 Å². The molecule has 1 unspecified atom stereocenters. The van der Waals surface area contributed by atoms with Gasteiger partial charge in [0.15, 0.2) is 17.7 Å². The van der Waals surface area contributed by atoms with E-state index in [-0.39, 0.29) is 53.6 Å². The first-order valence-corrected chi connectivity index (χ1v) is 16.7. The van der Waals surface area contributed by atoms with Gasteiger partial charge in [-0.2, -0.15) is 9.97 Å². The predicted molar refractivity (Wildman–Crippen MR) is 169 cm³/mol. The van der Waals surface area contributed by atoms with Gasteiger partial charge in [0.05, 0.1) is 41.9 Å². The average molecular weight is 693 g/mol. The molecule has 7 heterocycles. The zero-order valence-electron chi connectivity index (χ0n) is 25.7. The lowest BCUT2D eigenvalue weighted by atomic mass is 9.86. The molecule has 49 heavy (non-hydrogen) atoms. The Morgan fingerprint density at radius 2 is 1.92 bits per heavy atom. The molecule has 0 bridgehead atoms. The third-order valence-electron chi connectivity index (χ3n) is 9.13. The van der Waals surface area contributed by atoms with Crippen LogP contribution in [-0.4, -0.2) is 75.1 Å². The fourth-order valence-electron chi connectivity index (χ4n) is 6.69. The monoisotopic (exact) mass is 692 g/mol. The Hall–Kier alpha value is -4.81. The van der Waals surface area contributed by atoms with Crippen LogP contribution in [0.4, 0.5) is 11.8 Å². The summed E-state index contributed by atoms with van der Waals surface area (Å²) >= 11 is 0. The number of aliphatic hydroxyl groups is 2. The van der Waals surface area contributed by atoms with Crippen molar-refractivity contribution in [3.05, 3.63) is 69.8 Å². The predicted octanol–water partition coefficient (Wildman–Crippen LogP) is 0.844. The largest absolute Gasteiger partial charge is 0.473 e. The van der Waals surface area contributed by atoms with Crippen LogP contribution >= 0.6 is 7.82 Å². The lowest BCUT2D eigenvalue weighted by molar-refractivity contribution is -0.171. The minimum atomic E-state index is -5.17. The number of aromatic nitrogens is 6. The molecule has 18 nitrogen and oxygen atoms in total. The van der Waals surface area contributed by atoms with Crippen molar-refractivity contribution in [1.29, 1.82) is 0 Å². The quantitative estimate of drug-likeness (QED) is 0.115. The summed E-state index contributed by atoms with van der Waals surface area (Å²) in [5, 5.41) is 22.5. The fraction of sp³-hybridized carbons (Fsp3) is 0.333. The molecular weight excluding hydrogens is 663 g/mol. The number of imidazole rings is 1. The number of nitrogen functional groups attached to an aromatic ring is 2. The molecule has 19 heteroatoms. The van der Waals surface area contributed by atoms with Gasteiger partial charge in [0, 0.05) is 16.5 Å². The van der Waals surface area contributed by atoms with E-state index < -0.39 is 56.1 Å². The van der Waals surface area contributed by atoms with Gasteiger partial charge >= 0.3 is 13.8 Å². The fourth-order valence-corrected chi connectivity index (χ4v) is 7.78. The van der Waals surface area contributed by atoms with Crippen molar-refractivity contribution in [2.45, 2.75) is 56.6 Å². The standard InChI is InChI=1S/C30H29N8O10P/c1-2-30(16-8-18-20-14(7-13-5-3-4-6-17(13)34-20)9-37(18)26(41)15(16)10-45-28(30)42)48-49(43,44)46-11-19-22(39)23(40)27(47-19)38-12-33-21-24(31)35-29(32)36-25(21)38/h3-8,12,19,22-23,27,39-40H,2,9-11H2,1H3,(H,43,44)(H4,31,32,35,36)/t19-,22-,23-,27-,30+/m1/s1. The molecule has 3 aliphatic heterocycles. The van der Waals surface area contributed by atoms with Gasteiger partial charge in [-0.3, -0.25) is 18.4 Å². The number of hydrogen-bond donors (Lipinski definition) is 5. The first-order chi connectivity index (χ1) is 23.4. The second kappa shape index (κ2) is 11.1. The Morgan fingerprint density at radius 1 is 1.12 bits per heavy atom. The Kier molecular flexibility index (Phi) is 7.13. The van der Waals surface area contributed by atoms with Gasteiger partial charge in [0.25, 0.3) is 5.56 Å². The minimum absolute atomic E-state index is 0.0122. The molecule has 1 fully saturated rings. The van der Waals surface area contributed by atoms with Crippen LogP contribution in [0, 0.1) is 0 Å². The maximum atomic E-state index is 13.8. The molecule has 0 amide bonds. The van der Waals surface area contributed by atoms with E-state index in [0.29, 0.717) is 16.9 Å². The van der Waals surface area contributed by atoms with Crippen molar-refractivity contribution < 1.29 is 43.0 Å². The van der Waals surface area contributed by atoms with Crippen molar-refractivity contribution in [2.75, 3.05) is 18.1 Å². The molecule has 254 valence electrons. The first kappa shape index (κ1) is 31.5. The summed E-state index contributed by atoms with van der Waals surface area (Å²) in [6.07, 6.45) is -4.75. The SMILES string of the molecule is CC[C@@]1(OP(=O)(O)OC[C@H]2O[C@@H](n3cnc4c(N)nc(N)nc43)[C@H](O)[C@@H]2O)C(=O)OCc2c1cc1n(c2=O)Cc2cc3ccccc3nc2-1. The van der Waals surface area contributed by atoms with Crippen LogP contribution in [0.25, 0.3) is 33.5 Å². The van der Waals surface area contributed by atoms with Crippen molar-refractivity contribution >= 4 is 47.6 Å². The van der Waals surface area contributed by atoms with E-state index in [0.717, 1.165) is 10.9 Å². The van der Waals surface area contributed by atoms with E-state index >= 15 is 0 Å². The number of nitrogens with zero attached hydrogens (tertiary/aromatic N) is 6. The van der Waals surface area contributed by atoms with Gasteiger partial charge in [0.2, 0.25) is 11.5 Å². The summed E-state index contributed by atoms with van der Waals surface area (Å²) in [5.41, 5.74) is 11.8. The van der Waals surface area contributed by atoms with Crippen molar-refractivity contribution in [3.8, 4) is 11.4 Å². The molecule has 1 aromatic carbocycles. The second-order valence-electron chi connectivity index (χ2n) is 12.0. The Balaban J connectivity index is 1.08. The normalized spacial score (nSPS) is 25.6. The van der Waals surface area contributed by atoms with Gasteiger partial charge in [-0.05, 0) is 24.6 Å². The molecule has 4 aromatic heterocycles. The molecule has 0 spiro atoms. The van der Waals surface area contributed by atoms with E-state index in [1.54, 1.807) is 6.07 Å². The van der Waals surface area contributed by atoms with E-state index in [1.807, 2.05) is 30.3 Å². The maximum Gasteiger partial charge on any atom is 0.473 e. The first-order valence-electron chi connectivity index (χ1n) is 15.2. The summed E-state index contributed by atoms with van der Waals surface area (Å²) in [5.74, 6) is -1.16. The molecule has 0 radical (unpaired) electrons. The van der Waals surface area contributed by atoms with Gasteiger partial charge < -0.3 is 40.6 Å². The highest BCUT2D eigenvalue weighted by atomic mass is 31.2. The number of carbonyl (C=O) groups is 1. The lowest BCUT2D eigenvalue weighted by Gasteiger charge is -2.36. The van der Waals surface area contributed by atoms with Gasteiger partial charge in [-0.1, -0.05) is 25.1 Å². The second-order valence-corrected chi connectivity index (χ2v) is 13.3. The van der Waals surface area contributed by atoms with Crippen LogP contribution in [0.1, 0.15) is 36.3 Å². The molecule has 7 N–H and O–H groups in total. The number of carbonyl (C=O) groups excluding carboxylic acids is 1. The smallest absolute Gasteiger partial charge is 0.458 e. The van der Waals surface area contributed by atoms with E-state index in [2.05, 4.69) is 15.0 Å². The molecule has 5 aromatic rings. The number of benzene rings is 1. The summed E-state index contributed by atoms with van der Waals surface area (Å²) in [4.78, 5) is 54.9. The van der Waals surface area contributed by atoms with Crippen molar-refractivity contribution in [3.63, 3.8) is 0 Å². The van der Waals surface area contributed by atoms with Gasteiger partial charge in [-0.15, -0.1) is 0 Å². The van der Waals surface area contributed by atoms with Crippen molar-refractivity contribution in [1.82, 2.24) is 29.1 Å². The number of hydrogen-bond acceptors (Lipinski definition) is 15. The number of phosphoric acid groups is 1. The van der Waals surface area contributed by atoms with E-state index in [1.165, 1.54) is 22.4 Å². The number of para-hydroxylation sites is 1. The summed E-state index contributed by atoms with van der Waals surface area (Å²) in [7, 11) is -5.17. The number of esters is 1. The number of phosphoric ester groups is 1. The Bertz CT molecular complexity index is 2310. The van der Waals surface area contributed by atoms with E-state index in [9.17, 15) is 29.3 Å². The topological polar surface area (TPSA) is 262 Å². The molecule has 0 aliphatic carbocycles. The molecule has 3 aliphatic rings. The Morgan fingerprint density at radius 3 is 2.71 bits per heavy atom. The number of fused-ring (bicyclic) bond motifs is 6. The van der Waals surface area contributed by atoms with Crippen LogP contribution in [0.3, 0.4) is 0 Å². The lowest BCUT2D eigenvalue weighted by Crippen LogP contribution is -2.46. The maximum absolute atomic E-state index is 13.8. The molecular formula is C30H29N8O10P. The van der Waals surface area contributed by atoms with Crippen LogP contribution in [-0.2, 0) is 46.6 Å². The van der Waals surface area contributed by atoms with Gasteiger partial charge in [0.1, 0.15) is 30.4 Å². The van der Waals surface area contributed by atoms with Crippen LogP contribution in [0.15, 0.2) is 47.5 Å². The molecule has 8 rings (SSSR count). The number of pyridine rings is 2. The average Bonchev–Trinajstić information content (AvgIpc) is 3.74. The highest BCUT2D eigenvalue weighted by molar-refractivity contribution is 7.47. The number of cyclic esters (lactones) is 1. The summed E-state index contributed by atoms with van der Waals surface area (Å²) in [6.45, 7) is 0.647. The van der Waals surface area contributed by atoms with Crippen LogP contribution in [0.5, 0.6) is 0 Å². The third kappa shape index (κ3) is 4.83. The molecule has 6 atom stereocenters. The molecule has 0 saturated carbocycles. The molecule has 1 saturated heterocycles. The number of rotatable bonds is 7. The minimum Gasteiger partial charge on any atom is -0.458 e. The number of ether oxygens (including phenoxy) is 2. The van der Waals surface area contributed by atoms with Crippen molar-refractivity contribution in [2.24, 2.45) is 0 Å². The summed E-state index contributed by atoms with van der Waals surface area (Å²) in [6, 6.07) is 11.0. The highest BCUT2D eigenvalue weighted by Crippen LogP contribution is 2.54. The van der Waals surface area contributed by atoms with Crippen LogP contribution in [0.2, 0.25) is 0 Å². The number of anilines is 2. The number of nitrogens with two attached hydrogens (primary N) is 2. The highest BCUT2D eigenvalue weighted by Gasteiger charge is 2.53. The third-order valence-corrected chi connectivity index (χ3v) is 10.2. The van der Waals surface area contributed by atoms with E-state index in [4.69, 9.17) is 35.0 Å². The summed E-state index contributed by atoms with van der Waals surface area (Å²) < 4.78 is 38.3. The zero-order chi connectivity index (χ0) is 34.4. The van der Waals surface area contributed by atoms with Gasteiger partial charge in [-0.25, -0.2) is 19.3 Å². The Labute approximate surface area is 275 Å². The zero-order valence-corrected chi connectivity index (χ0v) is 26.6.